The van der Waals surface area contributed by atoms with E-state index in [0.717, 1.165) is 11.1 Å². The number of hydrogen-bond donors (Lipinski definition) is 2. The summed E-state index contributed by atoms with van der Waals surface area (Å²) in [6, 6.07) is 15.3. The van der Waals surface area contributed by atoms with Crippen LogP contribution in [0, 0.1) is 0 Å². The number of aromatic carboxylic acids is 1. The van der Waals surface area contributed by atoms with Gasteiger partial charge in [-0.1, -0.05) is 56.3 Å². The molecule has 3 rings (SSSR count). The lowest BCUT2D eigenvalue weighted by Crippen LogP contribution is -2.13. The molecule has 0 bridgehead atoms. The molecule has 5 nitrogen and oxygen atoms in total. The van der Waals surface area contributed by atoms with Gasteiger partial charge in [0.25, 0.3) is 0 Å². The third-order valence-corrected chi connectivity index (χ3v) is 4.59. The highest BCUT2D eigenvalue weighted by Gasteiger charge is 2.23. The molecular weight excluding hydrogens is 330 g/mol. The van der Waals surface area contributed by atoms with Crippen molar-refractivity contribution in [3.63, 3.8) is 0 Å². The summed E-state index contributed by atoms with van der Waals surface area (Å²) >= 11 is 0. The van der Waals surface area contributed by atoms with Gasteiger partial charge in [0.05, 0.1) is 6.42 Å². The maximum Gasteiger partial charge on any atom is 0.352 e. The average molecular weight is 351 g/mol. The molecule has 26 heavy (non-hydrogen) atoms. The predicted molar refractivity (Wildman–Crippen MR) is 99.9 cm³/mol. The second kappa shape index (κ2) is 7.04. The molecule has 1 heterocycles. The molecule has 0 aliphatic carbocycles. The van der Waals surface area contributed by atoms with E-state index in [9.17, 15) is 19.8 Å². The van der Waals surface area contributed by atoms with E-state index in [2.05, 4.69) is 13.8 Å². The zero-order valence-corrected chi connectivity index (χ0v) is 14.8. The second-order valence-corrected chi connectivity index (χ2v) is 6.70. The van der Waals surface area contributed by atoms with Crippen molar-refractivity contribution in [1.29, 1.82) is 0 Å². The smallest absolute Gasteiger partial charge is 0.352 e. The van der Waals surface area contributed by atoms with Crippen LogP contribution >= 0.6 is 0 Å². The number of carboxylic acid groups (broad SMARTS) is 2. The van der Waals surface area contributed by atoms with Crippen molar-refractivity contribution >= 4 is 22.8 Å². The Balaban J connectivity index is 2.13. The molecule has 0 saturated carbocycles. The summed E-state index contributed by atoms with van der Waals surface area (Å²) in [6.07, 6.45) is -0.318. The fraction of sp³-hybridized carbons (Fsp3) is 0.238. The largest absolute Gasteiger partial charge is 0.481 e. The summed E-state index contributed by atoms with van der Waals surface area (Å²) in [5, 5.41) is 19.6. The molecular formula is C21H21NO4. The molecule has 5 heteroatoms. The number of carboxylic acids is 2. The third-order valence-electron chi connectivity index (χ3n) is 4.59. The number of aromatic nitrogens is 1. The monoisotopic (exact) mass is 351 g/mol. The van der Waals surface area contributed by atoms with Crippen LogP contribution in [0.15, 0.2) is 48.5 Å². The van der Waals surface area contributed by atoms with E-state index in [4.69, 9.17) is 0 Å². The lowest BCUT2D eigenvalue weighted by atomic mass is 10.0. The molecule has 134 valence electrons. The van der Waals surface area contributed by atoms with Crippen molar-refractivity contribution in [2.24, 2.45) is 0 Å². The Morgan fingerprint density at radius 3 is 2.23 bits per heavy atom. The molecule has 0 saturated heterocycles. The minimum Gasteiger partial charge on any atom is -0.481 e. The number of hydrogen-bond acceptors (Lipinski definition) is 2. The molecule has 0 spiro atoms. The highest BCUT2D eigenvalue weighted by molar-refractivity contribution is 6.00. The Kier molecular flexibility index (Phi) is 4.80. The number of para-hydroxylation sites is 1. The van der Waals surface area contributed by atoms with Gasteiger partial charge in [0.1, 0.15) is 5.69 Å². The van der Waals surface area contributed by atoms with Crippen LogP contribution in [0.1, 0.15) is 46.9 Å². The van der Waals surface area contributed by atoms with Gasteiger partial charge >= 0.3 is 11.9 Å². The molecule has 0 aliphatic heterocycles. The number of aliphatic carboxylic acids is 1. The zero-order valence-electron chi connectivity index (χ0n) is 14.8. The fourth-order valence-electron chi connectivity index (χ4n) is 3.30. The van der Waals surface area contributed by atoms with E-state index in [1.54, 1.807) is 16.7 Å². The van der Waals surface area contributed by atoms with Crippen LogP contribution in [0.3, 0.4) is 0 Å². The Labute approximate surface area is 151 Å². The third kappa shape index (κ3) is 3.33. The SMILES string of the molecule is CC(C)c1ccc(Cn2c(C(=O)O)c(CC(=O)O)c3ccccc32)cc1. The maximum atomic E-state index is 11.9. The first kappa shape index (κ1) is 17.7. The number of fused-ring (bicyclic) bond motifs is 1. The molecule has 2 aromatic carbocycles. The lowest BCUT2D eigenvalue weighted by Gasteiger charge is -2.11. The number of nitrogens with zero attached hydrogens (tertiary/aromatic N) is 1. The van der Waals surface area contributed by atoms with Crippen LogP contribution in [0.4, 0.5) is 0 Å². The Morgan fingerprint density at radius 2 is 1.65 bits per heavy atom. The lowest BCUT2D eigenvalue weighted by molar-refractivity contribution is -0.136. The van der Waals surface area contributed by atoms with Crippen LogP contribution in [0.25, 0.3) is 10.9 Å². The molecule has 0 atom stereocenters. The standard InChI is InChI=1S/C21H21NO4/c1-13(2)15-9-7-14(8-10-15)12-22-18-6-4-3-5-16(18)17(11-19(23)24)20(22)21(25)26/h3-10,13H,11-12H2,1-2H3,(H,23,24)(H,25,26). The predicted octanol–water partition coefficient (Wildman–Crippen LogP) is 4.14. The molecule has 2 N–H and O–H groups in total. The summed E-state index contributed by atoms with van der Waals surface area (Å²) < 4.78 is 1.69. The van der Waals surface area contributed by atoms with Gasteiger partial charge < -0.3 is 14.8 Å². The van der Waals surface area contributed by atoms with Crippen molar-refractivity contribution in [3.05, 3.63) is 70.9 Å². The maximum absolute atomic E-state index is 11.9. The van der Waals surface area contributed by atoms with Crippen molar-refractivity contribution in [2.75, 3.05) is 0 Å². The van der Waals surface area contributed by atoms with Crippen LogP contribution in [0.2, 0.25) is 0 Å². The quantitative estimate of drug-likeness (QED) is 0.699. The van der Waals surface area contributed by atoms with E-state index < -0.39 is 11.9 Å². The van der Waals surface area contributed by atoms with Gasteiger partial charge in [-0.05, 0) is 23.1 Å². The molecule has 0 amide bonds. The van der Waals surface area contributed by atoms with Gasteiger partial charge in [0.2, 0.25) is 0 Å². The molecule has 0 fully saturated rings. The summed E-state index contributed by atoms with van der Waals surface area (Å²) in [6.45, 7) is 4.62. The fourth-order valence-corrected chi connectivity index (χ4v) is 3.30. The van der Waals surface area contributed by atoms with E-state index in [1.165, 1.54) is 5.56 Å². The van der Waals surface area contributed by atoms with Gasteiger partial charge in [-0.2, -0.15) is 0 Å². The van der Waals surface area contributed by atoms with Gasteiger partial charge in [0, 0.05) is 23.0 Å². The van der Waals surface area contributed by atoms with Crippen LogP contribution < -0.4 is 0 Å². The number of rotatable bonds is 6. The van der Waals surface area contributed by atoms with E-state index in [-0.39, 0.29) is 12.1 Å². The van der Waals surface area contributed by atoms with Crippen molar-refractivity contribution in [1.82, 2.24) is 4.57 Å². The van der Waals surface area contributed by atoms with E-state index in [0.29, 0.717) is 23.4 Å². The Morgan fingerprint density at radius 1 is 1.00 bits per heavy atom. The first-order valence-electron chi connectivity index (χ1n) is 8.52. The van der Waals surface area contributed by atoms with Crippen LogP contribution in [-0.2, 0) is 17.8 Å². The molecule has 0 aliphatic rings. The van der Waals surface area contributed by atoms with E-state index >= 15 is 0 Å². The summed E-state index contributed by atoms with van der Waals surface area (Å²) in [5.74, 6) is -1.74. The topological polar surface area (TPSA) is 79.5 Å². The minimum atomic E-state index is -1.11. The van der Waals surface area contributed by atoms with Gasteiger partial charge in [-0.3, -0.25) is 4.79 Å². The highest BCUT2D eigenvalue weighted by Crippen LogP contribution is 2.28. The van der Waals surface area contributed by atoms with Crippen molar-refractivity contribution in [2.45, 2.75) is 32.7 Å². The van der Waals surface area contributed by atoms with Crippen LogP contribution in [0.5, 0.6) is 0 Å². The first-order chi connectivity index (χ1) is 12.4. The normalized spacial score (nSPS) is 11.2. The number of benzene rings is 2. The zero-order chi connectivity index (χ0) is 18.8. The second-order valence-electron chi connectivity index (χ2n) is 6.70. The van der Waals surface area contributed by atoms with Crippen LogP contribution in [-0.4, -0.2) is 26.7 Å². The first-order valence-corrected chi connectivity index (χ1v) is 8.52. The molecule has 0 radical (unpaired) electrons. The summed E-state index contributed by atoms with van der Waals surface area (Å²) in [4.78, 5) is 23.2. The highest BCUT2D eigenvalue weighted by atomic mass is 16.4. The van der Waals surface area contributed by atoms with Gasteiger partial charge in [-0.15, -0.1) is 0 Å². The Hall–Kier alpha value is -3.08. The van der Waals surface area contributed by atoms with E-state index in [1.807, 2.05) is 36.4 Å². The van der Waals surface area contributed by atoms with Gasteiger partial charge in [0.15, 0.2) is 0 Å². The average Bonchev–Trinajstić information content (AvgIpc) is 2.89. The van der Waals surface area contributed by atoms with Gasteiger partial charge in [-0.25, -0.2) is 4.79 Å². The molecule has 3 aromatic rings. The molecule has 1 aromatic heterocycles. The Bertz CT molecular complexity index is 968. The minimum absolute atomic E-state index is 0.0431. The van der Waals surface area contributed by atoms with Crippen molar-refractivity contribution in [3.8, 4) is 0 Å². The van der Waals surface area contributed by atoms with Crippen molar-refractivity contribution < 1.29 is 19.8 Å². The summed E-state index contributed by atoms with van der Waals surface area (Å²) in [7, 11) is 0. The summed E-state index contributed by atoms with van der Waals surface area (Å²) in [5.41, 5.74) is 3.31. The molecule has 0 unspecified atom stereocenters. The number of carbonyl (C=O) groups is 2.